The number of aromatic nitrogens is 1. The van der Waals surface area contributed by atoms with Crippen molar-refractivity contribution in [2.24, 2.45) is 0 Å². The molecule has 0 aliphatic carbocycles. The van der Waals surface area contributed by atoms with Gasteiger partial charge in [-0.25, -0.2) is 4.79 Å². The highest BCUT2D eigenvalue weighted by atomic mass is 16.5. The molecule has 7 heteroatoms. The molecular formula is C14H16N2O5. The van der Waals surface area contributed by atoms with Crippen LogP contribution < -0.4 is 0 Å². The van der Waals surface area contributed by atoms with Crippen molar-refractivity contribution in [3.63, 3.8) is 0 Å². The molecule has 1 aromatic heterocycles. The molecule has 1 atom stereocenters. The van der Waals surface area contributed by atoms with Crippen molar-refractivity contribution in [3.05, 3.63) is 35.7 Å². The number of hydrogen-bond acceptors (Lipinski definition) is 5. The first-order chi connectivity index (χ1) is 10.1. The summed E-state index contributed by atoms with van der Waals surface area (Å²) in [7, 11) is 0. The average molecular weight is 292 g/mol. The molecule has 0 bridgehead atoms. The van der Waals surface area contributed by atoms with Gasteiger partial charge < -0.3 is 19.8 Å². The lowest BCUT2D eigenvalue weighted by Gasteiger charge is -2.31. The SMILES string of the molecule is O=C(O)/C=C/c1ccc(C(=O)N2CCOC(CO)C2)nc1. The number of hydrogen-bond donors (Lipinski definition) is 2. The first-order valence-corrected chi connectivity index (χ1v) is 6.49. The van der Waals surface area contributed by atoms with E-state index >= 15 is 0 Å². The van der Waals surface area contributed by atoms with E-state index in [9.17, 15) is 9.59 Å². The van der Waals surface area contributed by atoms with E-state index in [-0.39, 0.29) is 24.3 Å². The number of rotatable bonds is 4. The first-order valence-electron chi connectivity index (χ1n) is 6.49. The van der Waals surface area contributed by atoms with Crippen LogP contribution in [0, 0.1) is 0 Å². The number of carboxylic acids is 1. The molecule has 1 amide bonds. The highest BCUT2D eigenvalue weighted by molar-refractivity contribution is 5.92. The van der Waals surface area contributed by atoms with E-state index in [1.54, 1.807) is 17.0 Å². The van der Waals surface area contributed by atoms with Crippen molar-refractivity contribution in [2.75, 3.05) is 26.3 Å². The second kappa shape index (κ2) is 6.96. The van der Waals surface area contributed by atoms with Gasteiger partial charge in [-0.2, -0.15) is 0 Å². The van der Waals surface area contributed by atoms with Crippen LogP contribution in [0.3, 0.4) is 0 Å². The zero-order valence-corrected chi connectivity index (χ0v) is 11.3. The Morgan fingerprint density at radius 2 is 2.29 bits per heavy atom. The lowest BCUT2D eigenvalue weighted by molar-refractivity contribution is -0.131. The summed E-state index contributed by atoms with van der Waals surface area (Å²) in [6.45, 7) is 1.04. The van der Waals surface area contributed by atoms with E-state index in [0.717, 1.165) is 6.08 Å². The Kier molecular flexibility index (Phi) is 5.02. The van der Waals surface area contributed by atoms with Crippen LogP contribution in [0.1, 0.15) is 16.1 Å². The van der Waals surface area contributed by atoms with Crippen molar-refractivity contribution in [2.45, 2.75) is 6.10 Å². The number of aliphatic carboxylic acids is 1. The number of carbonyl (C=O) groups excluding carboxylic acids is 1. The minimum absolute atomic E-state index is 0.129. The first kappa shape index (κ1) is 15.1. The predicted molar refractivity (Wildman–Crippen MR) is 73.6 cm³/mol. The molecule has 1 aliphatic heterocycles. The second-order valence-corrected chi connectivity index (χ2v) is 4.57. The van der Waals surface area contributed by atoms with Crippen molar-refractivity contribution < 1.29 is 24.5 Å². The summed E-state index contributed by atoms with van der Waals surface area (Å²) < 4.78 is 5.29. The van der Waals surface area contributed by atoms with Crippen molar-refractivity contribution >= 4 is 18.0 Å². The van der Waals surface area contributed by atoms with Crippen LogP contribution in [0.5, 0.6) is 0 Å². The van der Waals surface area contributed by atoms with Gasteiger partial charge in [0.05, 0.1) is 19.3 Å². The fraction of sp³-hybridized carbons (Fsp3) is 0.357. The molecule has 21 heavy (non-hydrogen) atoms. The number of pyridine rings is 1. The maximum Gasteiger partial charge on any atom is 0.328 e. The monoisotopic (exact) mass is 292 g/mol. The summed E-state index contributed by atoms with van der Waals surface area (Å²) in [6, 6.07) is 3.18. The van der Waals surface area contributed by atoms with E-state index in [2.05, 4.69) is 4.98 Å². The molecule has 1 aliphatic rings. The second-order valence-electron chi connectivity index (χ2n) is 4.57. The average Bonchev–Trinajstić information content (AvgIpc) is 2.52. The lowest BCUT2D eigenvalue weighted by atomic mass is 10.2. The third-order valence-corrected chi connectivity index (χ3v) is 3.05. The van der Waals surface area contributed by atoms with Gasteiger partial charge in [-0.3, -0.25) is 9.78 Å². The van der Waals surface area contributed by atoms with Crippen LogP contribution in [0.2, 0.25) is 0 Å². The highest BCUT2D eigenvalue weighted by Gasteiger charge is 2.25. The van der Waals surface area contributed by atoms with Gasteiger partial charge in [-0.15, -0.1) is 0 Å². The summed E-state index contributed by atoms with van der Waals surface area (Å²) in [5.41, 5.74) is 0.880. The Balaban J connectivity index is 2.04. The van der Waals surface area contributed by atoms with E-state index in [1.165, 1.54) is 12.3 Å². The molecule has 2 heterocycles. The maximum absolute atomic E-state index is 12.3. The van der Waals surface area contributed by atoms with Crippen LogP contribution in [-0.4, -0.2) is 64.4 Å². The quantitative estimate of drug-likeness (QED) is 0.758. The van der Waals surface area contributed by atoms with Crippen LogP contribution in [0.15, 0.2) is 24.4 Å². The van der Waals surface area contributed by atoms with E-state index in [4.69, 9.17) is 14.9 Å². The molecule has 0 spiro atoms. The Hall–Kier alpha value is -2.25. The zero-order chi connectivity index (χ0) is 15.2. The zero-order valence-electron chi connectivity index (χ0n) is 11.3. The molecule has 7 nitrogen and oxygen atoms in total. The molecule has 2 rings (SSSR count). The number of carbonyl (C=O) groups is 2. The molecule has 1 aromatic rings. The summed E-state index contributed by atoms with van der Waals surface area (Å²) in [5.74, 6) is -1.27. The Morgan fingerprint density at radius 1 is 1.48 bits per heavy atom. The van der Waals surface area contributed by atoms with Crippen LogP contribution in [0.4, 0.5) is 0 Å². The fourth-order valence-corrected chi connectivity index (χ4v) is 1.97. The number of carboxylic acid groups (broad SMARTS) is 1. The van der Waals surface area contributed by atoms with E-state index in [0.29, 0.717) is 25.3 Å². The summed E-state index contributed by atoms with van der Waals surface area (Å²) >= 11 is 0. The molecular weight excluding hydrogens is 276 g/mol. The Morgan fingerprint density at radius 3 is 2.90 bits per heavy atom. The number of aliphatic hydroxyl groups excluding tert-OH is 1. The molecule has 1 unspecified atom stereocenters. The summed E-state index contributed by atoms with van der Waals surface area (Å²) in [6.07, 6.45) is 3.49. The van der Waals surface area contributed by atoms with E-state index in [1.807, 2.05) is 0 Å². The Bertz CT molecular complexity index is 541. The van der Waals surface area contributed by atoms with Gasteiger partial charge in [-0.05, 0) is 17.7 Å². The number of ether oxygens (including phenoxy) is 1. The van der Waals surface area contributed by atoms with Gasteiger partial charge in [0, 0.05) is 25.4 Å². The molecule has 1 saturated heterocycles. The number of nitrogens with zero attached hydrogens (tertiary/aromatic N) is 2. The third-order valence-electron chi connectivity index (χ3n) is 3.05. The molecule has 112 valence electrons. The molecule has 1 fully saturated rings. The van der Waals surface area contributed by atoms with Gasteiger partial charge in [0.25, 0.3) is 5.91 Å². The molecule has 0 aromatic carbocycles. The van der Waals surface area contributed by atoms with Crippen molar-refractivity contribution in [1.82, 2.24) is 9.88 Å². The number of aliphatic hydroxyl groups is 1. The Labute approximate surface area is 121 Å². The normalized spacial score (nSPS) is 18.9. The van der Waals surface area contributed by atoms with E-state index < -0.39 is 5.97 Å². The maximum atomic E-state index is 12.3. The van der Waals surface area contributed by atoms with Gasteiger partial charge in [-0.1, -0.05) is 6.07 Å². The highest BCUT2D eigenvalue weighted by Crippen LogP contribution is 2.10. The fourth-order valence-electron chi connectivity index (χ4n) is 1.97. The van der Waals surface area contributed by atoms with Crippen LogP contribution in [0.25, 0.3) is 6.08 Å². The topological polar surface area (TPSA) is 100.0 Å². The minimum atomic E-state index is -1.04. The largest absolute Gasteiger partial charge is 0.478 e. The third kappa shape index (κ3) is 4.11. The minimum Gasteiger partial charge on any atom is -0.478 e. The standard InChI is InChI=1S/C14H16N2O5/c17-9-11-8-16(5-6-21-11)14(20)12-3-1-10(7-15-12)2-4-13(18)19/h1-4,7,11,17H,5-6,8-9H2,(H,18,19)/b4-2+. The number of amides is 1. The van der Waals surface area contributed by atoms with Gasteiger partial charge in [0.2, 0.25) is 0 Å². The van der Waals surface area contributed by atoms with Gasteiger partial charge in [0.1, 0.15) is 5.69 Å². The smallest absolute Gasteiger partial charge is 0.328 e. The molecule has 0 saturated carbocycles. The van der Waals surface area contributed by atoms with Gasteiger partial charge in [0.15, 0.2) is 0 Å². The molecule has 0 radical (unpaired) electrons. The van der Waals surface area contributed by atoms with Gasteiger partial charge >= 0.3 is 5.97 Å². The van der Waals surface area contributed by atoms with Crippen molar-refractivity contribution in [1.29, 1.82) is 0 Å². The van der Waals surface area contributed by atoms with Crippen LogP contribution >= 0.6 is 0 Å². The van der Waals surface area contributed by atoms with Crippen LogP contribution in [-0.2, 0) is 9.53 Å². The summed E-state index contributed by atoms with van der Waals surface area (Å²) in [5, 5.41) is 17.6. The molecule has 2 N–H and O–H groups in total. The lowest BCUT2D eigenvalue weighted by Crippen LogP contribution is -2.47. The summed E-state index contributed by atoms with van der Waals surface area (Å²) in [4.78, 5) is 28.3. The number of morpholine rings is 1. The van der Waals surface area contributed by atoms with Crippen molar-refractivity contribution in [3.8, 4) is 0 Å². The predicted octanol–water partition coefficient (Wildman–Crippen LogP) is 0.0127.